The number of Topliss-reactive ketones (excluding diaryl/α,β-unsaturated/α-hetero) is 1. The Labute approximate surface area is 142 Å². The van der Waals surface area contributed by atoms with Crippen LogP contribution in [0, 0.1) is 0 Å². The Morgan fingerprint density at radius 2 is 1.96 bits per heavy atom. The average molecular weight is 334 g/mol. The maximum Gasteiger partial charge on any atom is 0.204 e. The first-order valence-electron chi connectivity index (χ1n) is 7.72. The molecule has 0 saturated carbocycles. The first kappa shape index (κ1) is 15.1. The molecular formula is C18H14N4O3. The maximum absolute atomic E-state index is 12.4. The van der Waals surface area contributed by atoms with Gasteiger partial charge in [-0.25, -0.2) is 4.98 Å². The van der Waals surface area contributed by atoms with E-state index in [9.17, 15) is 4.79 Å². The van der Waals surface area contributed by atoms with Crippen LogP contribution in [0.4, 0.5) is 0 Å². The number of nitrogens with zero attached hydrogens (tertiary/aromatic N) is 4. The van der Waals surface area contributed by atoms with Crippen LogP contribution >= 0.6 is 0 Å². The standard InChI is InChI=1S/C18H14N4O3/c23-16(15-7-17(25-21-15)18-9-19-12-24-18)6-14-8-20-22(11-14)10-13-4-2-1-3-5-13/h1-5,7-9,11-12H,6,10H2. The molecule has 0 fully saturated rings. The van der Waals surface area contributed by atoms with Crippen LogP contribution < -0.4 is 0 Å². The molecule has 1 aromatic carbocycles. The highest BCUT2D eigenvalue weighted by Gasteiger charge is 2.16. The minimum Gasteiger partial charge on any atom is -0.440 e. The van der Waals surface area contributed by atoms with Gasteiger partial charge in [-0.1, -0.05) is 35.5 Å². The molecule has 25 heavy (non-hydrogen) atoms. The van der Waals surface area contributed by atoms with Gasteiger partial charge in [0, 0.05) is 18.7 Å². The van der Waals surface area contributed by atoms with Gasteiger partial charge in [0.2, 0.25) is 5.76 Å². The molecule has 3 heterocycles. The monoisotopic (exact) mass is 334 g/mol. The molecule has 4 aromatic rings. The van der Waals surface area contributed by atoms with E-state index < -0.39 is 0 Å². The molecule has 0 unspecified atom stereocenters. The van der Waals surface area contributed by atoms with Crippen molar-refractivity contribution < 1.29 is 13.7 Å². The van der Waals surface area contributed by atoms with E-state index in [0.717, 1.165) is 11.1 Å². The highest BCUT2D eigenvalue weighted by molar-refractivity contribution is 5.96. The Kier molecular flexibility index (Phi) is 3.96. The molecular weight excluding hydrogens is 320 g/mol. The van der Waals surface area contributed by atoms with Crippen LogP contribution in [0.1, 0.15) is 21.6 Å². The van der Waals surface area contributed by atoms with Crippen LogP contribution in [0.3, 0.4) is 0 Å². The van der Waals surface area contributed by atoms with E-state index in [0.29, 0.717) is 18.1 Å². The SMILES string of the molecule is O=C(Cc1cnn(Cc2ccccc2)c1)c1cc(-c2cnco2)on1. The first-order chi connectivity index (χ1) is 12.3. The quantitative estimate of drug-likeness (QED) is 0.504. The molecule has 0 bridgehead atoms. The van der Waals surface area contributed by atoms with Crippen molar-refractivity contribution in [1.82, 2.24) is 19.9 Å². The van der Waals surface area contributed by atoms with Gasteiger partial charge >= 0.3 is 0 Å². The molecule has 7 nitrogen and oxygen atoms in total. The maximum atomic E-state index is 12.4. The number of ketones is 1. The number of hydrogen-bond acceptors (Lipinski definition) is 6. The van der Waals surface area contributed by atoms with Crippen LogP contribution in [0.15, 0.2) is 70.3 Å². The van der Waals surface area contributed by atoms with E-state index in [1.54, 1.807) is 16.9 Å². The van der Waals surface area contributed by atoms with Gasteiger partial charge in [0.25, 0.3) is 0 Å². The van der Waals surface area contributed by atoms with Gasteiger partial charge in [0.05, 0.1) is 18.9 Å². The smallest absolute Gasteiger partial charge is 0.204 e. The predicted molar refractivity (Wildman–Crippen MR) is 87.8 cm³/mol. The summed E-state index contributed by atoms with van der Waals surface area (Å²) in [6.45, 7) is 0.661. The van der Waals surface area contributed by atoms with Gasteiger partial charge in [-0.15, -0.1) is 0 Å². The zero-order chi connectivity index (χ0) is 17.1. The third-order valence-corrected chi connectivity index (χ3v) is 3.71. The number of benzene rings is 1. The lowest BCUT2D eigenvalue weighted by atomic mass is 10.1. The van der Waals surface area contributed by atoms with Gasteiger partial charge in [0.1, 0.15) is 0 Å². The number of rotatable bonds is 6. The van der Waals surface area contributed by atoms with Crippen LogP contribution in [0.5, 0.6) is 0 Å². The zero-order valence-corrected chi connectivity index (χ0v) is 13.2. The summed E-state index contributed by atoms with van der Waals surface area (Å²) in [5.74, 6) is 0.664. The summed E-state index contributed by atoms with van der Waals surface area (Å²) in [5.41, 5.74) is 2.23. The van der Waals surface area contributed by atoms with E-state index >= 15 is 0 Å². The van der Waals surface area contributed by atoms with Crippen LogP contribution in [-0.4, -0.2) is 25.7 Å². The molecule has 3 aromatic heterocycles. The second-order valence-corrected chi connectivity index (χ2v) is 5.57. The van der Waals surface area contributed by atoms with Crippen LogP contribution in [0.25, 0.3) is 11.5 Å². The zero-order valence-electron chi connectivity index (χ0n) is 13.2. The Bertz CT molecular complexity index is 971. The summed E-state index contributed by atoms with van der Waals surface area (Å²) in [6.07, 6.45) is 6.56. The summed E-state index contributed by atoms with van der Waals surface area (Å²) in [6, 6.07) is 11.6. The molecule has 0 aliphatic rings. The number of carbonyl (C=O) groups is 1. The van der Waals surface area contributed by atoms with Crippen LogP contribution in [0.2, 0.25) is 0 Å². The molecule has 7 heteroatoms. The van der Waals surface area contributed by atoms with E-state index in [1.165, 1.54) is 12.6 Å². The molecule has 4 rings (SSSR count). The Balaban J connectivity index is 1.43. The van der Waals surface area contributed by atoms with Crippen LogP contribution in [-0.2, 0) is 13.0 Å². The number of aromatic nitrogens is 4. The second kappa shape index (κ2) is 6.56. The summed E-state index contributed by atoms with van der Waals surface area (Å²) in [5, 5.41) is 8.10. The van der Waals surface area contributed by atoms with Crippen molar-refractivity contribution in [3.63, 3.8) is 0 Å². The molecule has 0 aliphatic heterocycles. The largest absolute Gasteiger partial charge is 0.440 e. The summed E-state index contributed by atoms with van der Waals surface area (Å²) in [4.78, 5) is 16.2. The summed E-state index contributed by atoms with van der Waals surface area (Å²) >= 11 is 0. The second-order valence-electron chi connectivity index (χ2n) is 5.57. The van der Waals surface area contributed by atoms with Crippen molar-refractivity contribution >= 4 is 5.78 Å². The van der Waals surface area contributed by atoms with Crippen molar-refractivity contribution in [2.24, 2.45) is 0 Å². The highest BCUT2D eigenvalue weighted by Crippen LogP contribution is 2.20. The molecule has 0 saturated heterocycles. The topological polar surface area (TPSA) is 87.0 Å². The minimum absolute atomic E-state index is 0.145. The van der Waals surface area contributed by atoms with Crippen molar-refractivity contribution in [3.8, 4) is 11.5 Å². The third kappa shape index (κ3) is 3.40. The van der Waals surface area contributed by atoms with Crippen molar-refractivity contribution in [3.05, 3.63) is 78.2 Å². The highest BCUT2D eigenvalue weighted by atomic mass is 16.5. The van der Waals surface area contributed by atoms with E-state index in [4.69, 9.17) is 8.94 Å². The fourth-order valence-corrected chi connectivity index (χ4v) is 2.49. The van der Waals surface area contributed by atoms with Gasteiger partial charge in [0.15, 0.2) is 23.6 Å². The normalized spacial score (nSPS) is 10.9. The molecule has 0 atom stereocenters. The number of carbonyl (C=O) groups excluding carboxylic acids is 1. The first-order valence-corrected chi connectivity index (χ1v) is 7.72. The Morgan fingerprint density at radius 3 is 2.76 bits per heavy atom. The summed E-state index contributed by atoms with van der Waals surface area (Å²) in [7, 11) is 0. The number of oxazole rings is 1. The Hall–Kier alpha value is -3.48. The predicted octanol–water partition coefficient (Wildman–Crippen LogP) is 3.00. The lowest BCUT2D eigenvalue weighted by molar-refractivity contribution is 0.0984. The van der Waals surface area contributed by atoms with Crippen molar-refractivity contribution in [1.29, 1.82) is 0 Å². The van der Waals surface area contributed by atoms with Gasteiger partial charge in [-0.05, 0) is 11.1 Å². The third-order valence-electron chi connectivity index (χ3n) is 3.71. The molecule has 0 N–H and O–H groups in total. The van der Waals surface area contributed by atoms with Gasteiger partial charge < -0.3 is 8.94 Å². The molecule has 0 radical (unpaired) electrons. The van der Waals surface area contributed by atoms with Gasteiger partial charge in [-0.2, -0.15) is 5.10 Å². The molecule has 0 aliphatic carbocycles. The molecule has 124 valence electrons. The Morgan fingerprint density at radius 1 is 1.08 bits per heavy atom. The van der Waals surface area contributed by atoms with E-state index in [2.05, 4.69) is 15.2 Å². The minimum atomic E-state index is -0.145. The molecule has 0 amide bonds. The fourth-order valence-electron chi connectivity index (χ4n) is 2.49. The van der Waals surface area contributed by atoms with Gasteiger partial charge in [-0.3, -0.25) is 9.48 Å². The number of hydrogen-bond donors (Lipinski definition) is 0. The lowest BCUT2D eigenvalue weighted by Crippen LogP contribution is -2.03. The van der Waals surface area contributed by atoms with E-state index in [-0.39, 0.29) is 17.9 Å². The van der Waals surface area contributed by atoms with Crippen molar-refractivity contribution in [2.45, 2.75) is 13.0 Å². The fraction of sp³-hybridized carbons (Fsp3) is 0.111. The lowest BCUT2D eigenvalue weighted by Gasteiger charge is -2.00. The van der Waals surface area contributed by atoms with Crippen molar-refractivity contribution in [2.75, 3.05) is 0 Å². The summed E-state index contributed by atoms with van der Waals surface area (Å²) < 4.78 is 12.1. The molecule has 0 spiro atoms. The average Bonchev–Trinajstić information content (AvgIpc) is 3.37. The van der Waals surface area contributed by atoms with E-state index in [1.807, 2.05) is 36.5 Å².